The van der Waals surface area contributed by atoms with Gasteiger partial charge in [-0.2, -0.15) is 0 Å². The quantitative estimate of drug-likeness (QED) is 0.678. The lowest BCUT2D eigenvalue weighted by Crippen LogP contribution is -2.36. The molecule has 0 radical (unpaired) electrons. The predicted octanol–water partition coefficient (Wildman–Crippen LogP) is 0.178. The van der Waals surface area contributed by atoms with Crippen LogP contribution < -0.4 is 10.5 Å². The van der Waals surface area contributed by atoms with E-state index in [4.69, 9.17) is 9.56 Å². The van der Waals surface area contributed by atoms with E-state index in [0.717, 1.165) is 0 Å². The first-order valence-electron chi connectivity index (χ1n) is 5.29. The molecule has 0 bridgehead atoms. The number of hydrogen-bond acceptors (Lipinski definition) is 5. The summed E-state index contributed by atoms with van der Waals surface area (Å²) < 4.78 is 26.9. The summed E-state index contributed by atoms with van der Waals surface area (Å²) in [4.78, 5) is 0. The van der Waals surface area contributed by atoms with Crippen LogP contribution in [0.3, 0.4) is 0 Å². The Morgan fingerprint density at radius 1 is 1.53 bits per heavy atom. The zero-order valence-electron chi connectivity index (χ0n) is 9.93. The van der Waals surface area contributed by atoms with Crippen molar-refractivity contribution in [1.82, 2.24) is 5.32 Å². The second-order valence-corrected chi connectivity index (χ2v) is 5.71. The first-order chi connectivity index (χ1) is 7.74. The maximum atomic E-state index is 10.9. The minimum Gasteiger partial charge on any atom is -0.447 e. The average molecular weight is 262 g/mol. The molecule has 1 heterocycles. The summed E-state index contributed by atoms with van der Waals surface area (Å²) in [5.41, 5.74) is -0.782. The van der Waals surface area contributed by atoms with Crippen molar-refractivity contribution < 1.29 is 17.9 Å². The Balaban J connectivity index is 2.52. The predicted molar refractivity (Wildman–Crippen MR) is 62.7 cm³/mol. The van der Waals surface area contributed by atoms with Gasteiger partial charge in [0.2, 0.25) is 5.09 Å². The van der Waals surface area contributed by atoms with Crippen molar-refractivity contribution >= 4 is 10.0 Å². The lowest BCUT2D eigenvalue weighted by molar-refractivity contribution is 0.0550. The summed E-state index contributed by atoms with van der Waals surface area (Å²) >= 11 is 0. The molecule has 1 aromatic rings. The summed E-state index contributed by atoms with van der Waals surface area (Å²) in [6.45, 7) is 4.34. The summed E-state index contributed by atoms with van der Waals surface area (Å²) in [5, 5.41) is 17.4. The molecule has 1 aromatic heterocycles. The third kappa shape index (κ3) is 4.47. The van der Waals surface area contributed by atoms with Crippen LogP contribution in [-0.4, -0.2) is 25.7 Å². The zero-order valence-corrected chi connectivity index (χ0v) is 10.8. The van der Waals surface area contributed by atoms with Gasteiger partial charge in [0.15, 0.2) is 0 Å². The van der Waals surface area contributed by atoms with Crippen LogP contribution in [0.15, 0.2) is 21.6 Å². The molecule has 0 aliphatic rings. The van der Waals surface area contributed by atoms with Crippen LogP contribution in [0.5, 0.6) is 0 Å². The maximum Gasteiger partial charge on any atom is 0.271 e. The Labute approximate surface area is 101 Å². The molecule has 0 fully saturated rings. The van der Waals surface area contributed by atoms with E-state index in [-0.39, 0.29) is 5.09 Å². The third-order valence-corrected chi connectivity index (χ3v) is 3.26. The van der Waals surface area contributed by atoms with Crippen molar-refractivity contribution in [1.29, 1.82) is 0 Å². The molecule has 4 N–H and O–H groups in total. The van der Waals surface area contributed by atoms with Gasteiger partial charge in [-0.05, 0) is 25.5 Å². The number of primary sulfonamides is 1. The molecule has 0 aliphatic heterocycles. The van der Waals surface area contributed by atoms with Crippen LogP contribution in [0.1, 0.15) is 26.0 Å². The van der Waals surface area contributed by atoms with E-state index in [1.54, 1.807) is 6.92 Å². The largest absolute Gasteiger partial charge is 0.447 e. The van der Waals surface area contributed by atoms with Gasteiger partial charge in [-0.1, -0.05) is 6.92 Å². The second kappa shape index (κ2) is 5.18. The highest BCUT2D eigenvalue weighted by atomic mass is 32.2. The normalized spacial score (nSPS) is 15.8. The molecular weight excluding hydrogens is 244 g/mol. The average Bonchev–Trinajstić information content (AvgIpc) is 2.66. The van der Waals surface area contributed by atoms with E-state index in [2.05, 4.69) is 5.32 Å². The number of hydrogen-bond donors (Lipinski definition) is 3. The van der Waals surface area contributed by atoms with Gasteiger partial charge in [0.25, 0.3) is 10.0 Å². The van der Waals surface area contributed by atoms with Gasteiger partial charge in [0.1, 0.15) is 5.76 Å². The fourth-order valence-corrected chi connectivity index (χ4v) is 1.67. The lowest BCUT2D eigenvalue weighted by atomic mass is 10.0. The van der Waals surface area contributed by atoms with E-state index >= 15 is 0 Å². The van der Waals surface area contributed by atoms with Gasteiger partial charge in [0, 0.05) is 6.54 Å². The van der Waals surface area contributed by atoms with Crippen LogP contribution >= 0.6 is 0 Å². The number of nitrogens with one attached hydrogen (secondary N) is 1. The summed E-state index contributed by atoms with van der Waals surface area (Å²) in [5.74, 6) is 0.459. The Hall–Kier alpha value is -0.890. The van der Waals surface area contributed by atoms with Crippen molar-refractivity contribution in [2.24, 2.45) is 5.14 Å². The molecule has 17 heavy (non-hydrogen) atoms. The zero-order chi connectivity index (χ0) is 13.1. The van der Waals surface area contributed by atoms with Gasteiger partial charge in [-0.15, -0.1) is 0 Å². The van der Waals surface area contributed by atoms with Crippen molar-refractivity contribution in [3.8, 4) is 0 Å². The van der Waals surface area contributed by atoms with Gasteiger partial charge in [-0.25, -0.2) is 13.6 Å². The summed E-state index contributed by atoms with van der Waals surface area (Å²) in [6, 6.07) is 2.84. The van der Waals surface area contributed by atoms with Crippen LogP contribution in [0, 0.1) is 0 Å². The number of sulfonamides is 1. The molecule has 1 atom stereocenters. The smallest absolute Gasteiger partial charge is 0.271 e. The topological polar surface area (TPSA) is 106 Å². The molecular formula is C10H18N2O4S. The van der Waals surface area contributed by atoms with Crippen molar-refractivity contribution in [3.63, 3.8) is 0 Å². The van der Waals surface area contributed by atoms with Crippen molar-refractivity contribution in [2.45, 2.75) is 37.5 Å². The fraction of sp³-hybridized carbons (Fsp3) is 0.600. The number of nitrogens with two attached hydrogens (primary N) is 1. The number of furan rings is 1. The molecule has 0 spiro atoms. The van der Waals surface area contributed by atoms with Crippen molar-refractivity contribution in [3.05, 3.63) is 17.9 Å². The number of rotatable bonds is 6. The van der Waals surface area contributed by atoms with Crippen LogP contribution in [0.2, 0.25) is 0 Å². The van der Waals surface area contributed by atoms with Crippen LogP contribution in [0.4, 0.5) is 0 Å². The van der Waals surface area contributed by atoms with Crippen molar-refractivity contribution in [2.75, 3.05) is 6.54 Å². The maximum absolute atomic E-state index is 10.9. The van der Waals surface area contributed by atoms with E-state index in [1.165, 1.54) is 12.1 Å². The molecule has 1 unspecified atom stereocenters. The molecule has 0 saturated carbocycles. The molecule has 7 heteroatoms. The minimum absolute atomic E-state index is 0.253. The van der Waals surface area contributed by atoms with Gasteiger partial charge in [0.05, 0.1) is 12.1 Å². The number of aliphatic hydroxyl groups is 1. The Morgan fingerprint density at radius 2 is 2.18 bits per heavy atom. The highest BCUT2D eigenvalue weighted by Gasteiger charge is 2.17. The molecule has 0 aromatic carbocycles. The fourth-order valence-electron chi connectivity index (χ4n) is 1.19. The Morgan fingerprint density at radius 3 is 2.65 bits per heavy atom. The standard InChI is InChI=1S/C10H18N2O4S/c1-3-10(2,13)7-12-6-8-4-5-9(16-8)17(11,14)15/h4-5,12-13H,3,6-7H2,1-2H3,(H2,11,14,15). The molecule has 0 amide bonds. The SMILES string of the molecule is CCC(C)(O)CNCc1ccc(S(N)(=O)=O)o1. The van der Waals surface area contributed by atoms with Gasteiger partial charge >= 0.3 is 0 Å². The van der Waals surface area contributed by atoms with E-state index in [1.807, 2.05) is 6.92 Å². The molecule has 98 valence electrons. The summed E-state index contributed by atoms with van der Waals surface area (Å²) in [6.07, 6.45) is 0.626. The van der Waals surface area contributed by atoms with E-state index in [9.17, 15) is 13.5 Å². The van der Waals surface area contributed by atoms with E-state index < -0.39 is 15.6 Å². The van der Waals surface area contributed by atoms with Crippen LogP contribution in [-0.2, 0) is 16.6 Å². The first kappa shape index (κ1) is 14.2. The lowest BCUT2D eigenvalue weighted by Gasteiger charge is -2.21. The molecule has 0 aliphatic carbocycles. The minimum atomic E-state index is -3.78. The third-order valence-electron chi connectivity index (χ3n) is 2.48. The molecule has 6 nitrogen and oxygen atoms in total. The summed E-state index contributed by atoms with van der Waals surface area (Å²) in [7, 11) is -3.78. The highest BCUT2D eigenvalue weighted by Crippen LogP contribution is 2.12. The molecule has 1 rings (SSSR count). The monoisotopic (exact) mass is 262 g/mol. The highest BCUT2D eigenvalue weighted by molar-refractivity contribution is 7.89. The van der Waals surface area contributed by atoms with Gasteiger partial charge in [-0.3, -0.25) is 0 Å². The van der Waals surface area contributed by atoms with Crippen LogP contribution in [0.25, 0.3) is 0 Å². The Bertz CT molecular complexity index is 464. The van der Waals surface area contributed by atoms with E-state index in [0.29, 0.717) is 25.3 Å². The molecule has 0 saturated heterocycles. The second-order valence-electron chi connectivity index (χ2n) is 4.22. The Kier molecular flexibility index (Phi) is 4.31. The first-order valence-corrected chi connectivity index (χ1v) is 6.84. The van der Waals surface area contributed by atoms with Gasteiger partial charge < -0.3 is 14.8 Å².